The summed E-state index contributed by atoms with van der Waals surface area (Å²) in [4.78, 5) is 11.2. The summed E-state index contributed by atoms with van der Waals surface area (Å²) in [6, 6.07) is 0. The quantitative estimate of drug-likeness (QED) is 0.390. The van der Waals surface area contributed by atoms with Crippen molar-refractivity contribution < 1.29 is 14.3 Å². The third kappa shape index (κ3) is 5.30. The van der Waals surface area contributed by atoms with E-state index in [-0.39, 0.29) is 5.91 Å². The molecule has 1 amide bonds. The number of carbonyl (C=O) groups is 1. The van der Waals surface area contributed by atoms with Gasteiger partial charge in [-0.2, -0.15) is 0 Å². The molecule has 0 aromatic rings. The molecule has 6 nitrogen and oxygen atoms in total. The van der Waals surface area contributed by atoms with Gasteiger partial charge in [0, 0.05) is 38.9 Å². The van der Waals surface area contributed by atoms with Gasteiger partial charge in [0.2, 0.25) is 5.91 Å². The Hall–Kier alpha value is -0.690. The van der Waals surface area contributed by atoms with Crippen molar-refractivity contribution in [3.63, 3.8) is 0 Å². The molecule has 1 fully saturated rings. The first-order valence-corrected chi connectivity index (χ1v) is 6.67. The maximum Gasteiger partial charge on any atom is 0.221 e. The zero-order valence-corrected chi connectivity index (χ0v) is 11.0. The summed E-state index contributed by atoms with van der Waals surface area (Å²) in [5.41, 5.74) is 10.7. The summed E-state index contributed by atoms with van der Waals surface area (Å²) >= 11 is 0. The Bertz CT molecular complexity index is 243. The van der Waals surface area contributed by atoms with Crippen LogP contribution < -0.4 is 16.8 Å². The second-order valence-electron chi connectivity index (χ2n) is 4.49. The Kier molecular flexibility index (Phi) is 7.19. The highest BCUT2D eigenvalue weighted by atomic mass is 16.7. The third-order valence-corrected chi connectivity index (χ3v) is 3.01. The lowest BCUT2D eigenvalue weighted by Crippen LogP contribution is -2.38. The molecule has 18 heavy (non-hydrogen) atoms. The van der Waals surface area contributed by atoms with E-state index in [0.717, 1.165) is 25.7 Å². The van der Waals surface area contributed by atoms with Crippen LogP contribution in [0.2, 0.25) is 0 Å². The fourth-order valence-corrected chi connectivity index (χ4v) is 2.14. The van der Waals surface area contributed by atoms with Gasteiger partial charge in [-0.3, -0.25) is 4.79 Å². The van der Waals surface area contributed by atoms with Crippen molar-refractivity contribution in [2.24, 2.45) is 11.5 Å². The van der Waals surface area contributed by atoms with E-state index in [1.54, 1.807) is 0 Å². The molecule has 106 valence electrons. The standard InChI is InChI=1S/C12H25N3O3/c13-6-3-11(16)15-8-10-18-12(17-9-7-14)4-1-2-5-12/h1-10,13-14H2,(H,15,16). The summed E-state index contributed by atoms with van der Waals surface area (Å²) in [6.07, 6.45) is 4.40. The minimum Gasteiger partial charge on any atom is -0.354 e. The number of hydrogen-bond acceptors (Lipinski definition) is 5. The fraction of sp³-hybridized carbons (Fsp3) is 0.917. The Morgan fingerprint density at radius 3 is 2.39 bits per heavy atom. The predicted octanol–water partition coefficient (Wildman–Crippen LogP) is -0.286. The van der Waals surface area contributed by atoms with Crippen LogP contribution in [0, 0.1) is 0 Å². The van der Waals surface area contributed by atoms with E-state index in [1.165, 1.54) is 0 Å². The molecular formula is C12H25N3O3. The van der Waals surface area contributed by atoms with Gasteiger partial charge in [-0.25, -0.2) is 0 Å². The summed E-state index contributed by atoms with van der Waals surface area (Å²) in [5.74, 6) is -0.512. The molecule has 0 bridgehead atoms. The third-order valence-electron chi connectivity index (χ3n) is 3.01. The summed E-state index contributed by atoms with van der Waals surface area (Å²) < 4.78 is 11.5. The van der Waals surface area contributed by atoms with Crippen molar-refractivity contribution >= 4 is 5.91 Å². The first-order valence-electron chi connectivity index (χ1n) is 6.67. The van der Waals surface area contributed by atoms with Crippen molar-refractivity contribution in [2.45, 2.75) is 37.9 Å². The Labute approximate surface area is 108 Å². The van der Waals surface area contributed by atoms with E-state index >= 15 is 0 Å². The number of hydrogen-bond donors (Lipinski definition) is 3. The maximum atomic E-state index is 11.2. The van der Waals surface area contributed by atoms with E-state index in [1.807, 2.05) is 0 Å². The normalized spacial score (nSPS) is 17.9. The largest absolute Gasteiger partial charge is 0.354 e. The second-order valence-corrected chi connectivity index (χ2v) is 4.49. The lowest BCUT2D eigenvalue weighted by atomic mass is 10.2. The van der Waals surface area contributed by atoms with Gasteiger partial charge in [0.25, 0.3) is 0 Å². The Morgan fingerprint density at radius 2 is 1.78 bits per heavy atom. The summed E-state index contributed by atoms with van der Waals surface area (Å²) in [5, 5.41) is 2.76. The minimum absolute atomic E-state index is 0.0375. The highest BCUT2D eigenvalue weighted by Crippen LogP contribution is 2.34. The van der Waals surface area contributed by atoms with Gasteiger partial charge in [0.1, 0.15) is 0 Å². The van der Waals surface area contributed by atoms with Crippen molar-refractivity contribution in [2.75, 3.05) is 32.8 Å². The first kappa shape index (κ1) is 15.4. The minimum atomic E-state index is -0.474. The van der Waals surface area contributed by atoms with E-state index < -0.39 is 5.79 Å². The zero-order chi connectivity index (χ0) is 13.3. The monoisotopic (exact) mass is 259 g/mol. The lowest BCUT2D eigenvalue weighted by Gasteiger charge is -2.29. The van der Waals surface area contributed by atoms with Crippen LogP contribution in [0.25, 0.3) is 0 Å². The molecule has 0 aromatic heterocycles. The average Bonchev–Trinajstić information content (AvgIpc) is 2.82. The van der Waals surface area contributed by atoms with Gasteiger partial charge >= 0.3 is 0 Å². The lowest BCUT2D eigenvalue weighted by molar-refractivity contribution is -0.230. The van der Waals surface area contributed by atoms with Crippen LogP contribution in [0.5, 0.6) is 0 Å². The van der Waals surface area contributed by atoms with Crippen LogP contribution in [0.15, 0.2) is 0 Å². The number of carbonyl (C=O) groups excluding carboxylic acids is 1. The maximum absolute atomic E-state index is 11.2. The number of nitrogens with two attached hydrogens (primary N) is 2. The predicted molar refractivity (Wildman–Crippen MR) is 68.8 cm³/mol. The SMILES string of the molecule is NCCOC1(OCCNC(=O)CCN)CCCC1. The van der Waals surface area contributed by atoms with Crippen LogP contribution in [0.4, 0.5) is 0 Å². The van der Waals surface area contributed by atoms with Gasteiger partial charge < -0.3 is 26.3 Å². The number of ether oxygens (including phenoxy) is 2. The molecule has 1 aliphatic carbocycles. The molecule has 0 atom stereocenters. The number of rotatable bonds is 9. The zero-order valence-electron chi connectivity index (χ0n) is 11.0. The average molecular weight is 259 g/mol. The van der Waals surface area contributed by atoms with Crippen molar-refractivity contribution in [3.05, 3.63) is 0 Å². The Morgan fingerprint density at radius 1 is 1.11 bits per heavy atom. The molecule has 0 aliphatic heterocycles. The number of nitrogens with one attached hydrogen (secondary N) is 1. The molecule has 0 aromatic carbocycles. The molecule has 1 aliphatic rings. The topological polar surface area (TPSA) is 99.6 Å². The van der Waals surface area contributed by atoms with E-state index in [9.17, 15) is 4.79 Å². The van der Waals surface area contributed by atoms with Crippen molar-refractivity contribution in [3.8, 4) is 0 Å². The Balaban J connectivity index is 2.19. The van der Waals surface area contributed by atoms with Gasteiger partial charge in [0.15, 0.2) is 5.79 Å². The van der Waals surface area contributed by atoms with Crippen LogP contribution in [-0.4, -0.2) is 44.5 Å². The molecule has 0 unspecified atom stereocenters. The molecule has 0 spiro atoms. The van der Waals surface area contributed by atoms with Crippen LogP contribution in [-0.2, 0) is 14.3 Å². The highest BCUT2D eigenvalue weighted by Gasteiger charge is 2.35. The fourth-order valence-electron chi connectivity index (χ4n) is 2.14. The molecule has 5 N–H and O–H groups in total. The van der Waals surface area contributed by atoms with Gasteiger partial charge in [-0.15, -0.1) is 0 Å². The van der Waals surface area contributed by atoms with E-state index in [4.69, 9.17) is 20.9 Å². The van der Waals surface area contributed by atoms with Gasteiger partial charge in [0.05, 0.1) is 13.2 Å². The molecule has 0 heterocycles. The molecule has 1 rings (SSSR count). The molecule has 1 saturated carbocycles. The molecule has 0 radical (unpaired) electrons. The second kappa shape index (κ2) is 8.42. The molecule has 0 saturated heterocycles. The van der Waals surface area contributed by atoms with Crippen LogP contribution >= 0.6 is 0 Å². The first-order chi connectivity index (χ1) is 8.72. The smallest absolute Gasteiger partial charge is 0.221 e. The summed E-state index contributed by atoms with van der Waals surface area (Å²) in [6.45, 7) is 2.33. The highest BCUT2D eigenvalue weighted by molar-refractivity contribution is 5.75. The number of amides is 1. The van der Waals surface area contributed by atoms with Crippen molar-refractivity contribution in [1.82, 2.24) is 5.32 Å². The van der Waals surface area contributed by atoms with Gasteiger partial charge in [-0.05, 0) is 12.8 Å². The van der Waals surface area contributed by atoms with Crippen LogP contribution in [0.1, 0.15) is 32.1 Å². The van der Waals surface area contributed by atoms with Crippen LogP contribution in [0.3, 0.4) is 0 Å². The van der Waals surface area contributed by atoms with E-state index in [2.05, 4.69) is 5.32 Å². The summed E-state index contributed by atoms with van der Waals surface area (Å²) in [7, 11) is 0. The molecular weight excluding hydrogens is 234 g/mol. The van der Waals surface area contributed by atoms with Gasteiger partial charge in [-0.1, -0.05) is 0 Å². The van der Waals surface area contributed by atoms with E-state index in [0.29, 0.717) is 39.3 Å². The van der Waals surface area contributed by atoms with Crippen molar-refractivity contribution in [1.29, 1.82) is 0 Å². The molecule has 6 heteroatoms.